The summed E-state index contributed by atoms with van der Waals surface area (Å²) in [4.78, 5) is 39.6. The minimum atomic E-state index is -0.596. The zero-order valence-electron chi connectivity index (χ0n) is 25.6. The summed E-state index contributed by atoms with van der Waals surface area (Å²) in [6.45, 7) is 8.68. The molecule has 5 rings (SSSR count). The molecule has 9 heteroatoms. The summed E-state index contributed by atoms with van der Waals surface area (Å²) in [6, 6.07) is 11.7. The molecule has 230 valence electrons. The van der Waals surface area contributed by atoms with Crippen LogP contribution in [0.5, 0.6) is 11.5 Å². The van der Waals surface area contributed by atoms with Crippen molar-refractivity contribution in [2.45, 2.75) is 96.2 Å². The number of aryl methyl sites for hydroxylation is 1. The molecule has 1 spiro atoms. The van der Waals surface area contributed by atoms with Gasteiger partial charge in [0, 0.05) is 37.9 Å². The molecule has 43 heavy (non-hydrogen) atoms. The van der Waals surface area contributed by atoms with Gasteiger partial charge in [0.1, 0.15) is 24.4 Å². The number of hydrogen-bond acceptors (Lipinski definition) is 8. The normalized spacial score (nSPS) is 22.0. The van der Waals surface area contributed by atoms with Crippen molar-refractivity contribution in [3.05, 3.63) is 70.8 Å². The quantitative estimate of drug-likeness (QED) is 0.212. The maximum atomic E-state index is 13.0. The van der Waals surface area contributed by atoms with E-state index in [0.717, 1.165) is 22.3 Å². The second kappa shape index (κ2) is 12.3. The molecule has 0 saturated carbocycles. The number of ether oxygens (including phenoxy) is 5. The SMILES string of the molecule is COc1ccc2c3c1O[C@H]1C[C@@H](OC(=O)CCCC(=O)OCc4ccc(C)cc4)C=C[C@@]31CCN(C(=O)OC(C)(C)C)C2. The van der Waals surface area contributed by atoms with E-state index in [1.807, 2.05) is 70.2 Å². The molecule has 0 N–H and O–H groups in total. The lowest BCUT2D eigenvalue weighted by Crippen LogP contribution is -2.44. The highest BCUT2D eigenvalue weighted by atomic mass is 16.6. The smallest absolute Gasteiger partial charge is 0.410 e. The number of rotatable bonds is 8. The number of methoxy groups -OCH3 is 1. The Balaban J connectivity index is 1.20. The van der Waals surface area contributed by atoms with Crippen molar-refractivity contribution in [3.8, 4) is 11.5 Å². The highest BCUT2D eigenvalue weighted by Gasteiger charge is 2.54. The first-order chi connectivity index (χ1) is 20.5. The summed E-state index contributed by atoms with van der Waals surface area (Å²) < 4.78 is 28.9. The van der Waals surface area contributed by atoms with Crippen LogP contribution in [-0.2, 0) is 42.4 Å². The lowest BCUT2D eigenvalue weighted by Gasteiger charge is -2.36. The molecule has 0 radical (unpaired) electrons. The van der Waals surface area contributed by atoms with Gasteiger partial charge in [0.15, 0.2) is 11.5 Å². The number of carbonyl (C=O) groups excluding carboxylic acids is 3. The van der Waals surface area contributed by atoms with Crippen LogP contribution in [0.2, 0.25) is 0 Å². The van der Waals surface area contributed by atoms with Crippen LogP contribution in [0.15, 0.2) is 48.6 Å². The molecule has 0 saturated heterocycles. The molecule has 2 aliphatic heterocycles. The molecule has 3 atom stereocenters. The zero-order valence-corrected chi connectivity index (χ0v) is 25.6. The zero-order chi connectivity index (χ0) is 30.8. The second-order valence-corrected chi connectivity index (χ2v) is 12.6. The standard InChI is InChI=1S/C34H41NO8/c1-22-9-11-23(12-10-22)21-40-28(36)7-6-8-29(37)41-25-15-16-34-17-18-35(32(38)43-33(2,3)4)20-24-13-14-26(39-5)31(30(24)34)42-27(34)19-25/h9-16,25,27H,6-8,17-21H2,1-5H3/t25-,27-,34-/m0/s1. The van der Waals surface area contributed by atoms with Crippen LogP contribution < -0.4 is 9.47 Å². The highest BCUT2D eigenvalue weighted by molar-refractivity contribution is 5.73. The van der Waals surface area contributed by atoms with Crippen LogP contribution in [0.1, 0.15) is 75.1 Å². The number of amides is 1. The van der Waals surface area contributed by atoms with Crippen molar-refractivity contribution in [2.75, 3.05) is 13.7 Å². The predicted octanol–water partition coefficient (Wildman–Crippen LogP) is 5.93. The van der Waals surface area contributed by atoms with E-state index in [1.54, 1.807) is 12.0 Å². The van der Waals surface area contributed by atoms with E-state index in [2.05, 4.69) is 6.08 Å². The van der Waals surface area contributed by atoms with E-state index in [4.69, 9.17) is 23.7 Å². The number of benzene rings is 2. The van der Waals surface area contributed by atoms with Gasteiger partial charge in [0.2, 0.25) is 0 Å². The largest absolute Gasteiger partial charge is 0.493 e. The van der Waals surface area contributed by atoms with E-state index >= 15 is 0 Å². The Labute approximate surface area is 253 Å². The van der Waals surface area contributed by atoms with Gasteiger partial charge in [0.25, 0.3) is 0 Å². The van der Waals surface area contributed by atoms with E-state index in [-0.39, 0.29) is 43.6 Å². The summed E-state index contributed by atoms with van der Waals surface area (Å²) in [5, 5.41) is 0. The van der Waals surface area contributed by atoms with Gasteiger partial charge in [-0.25, -0.2) is 4.79 Å². The Morgan fingerprint density at radius 3 is 2.51 bits per heavy atom. The average molecular weight is 592 g/mol. The van der Waals surface area contributed by atoms with Gasteiger partial charge in [-0.15, -0.1) is 0 Å². The molecule has 2 aromatic carbocycles. The molecule has 3 aliphatic rings. The first-order valence-corrected chi connectivity index (χ1v) is 14.9. The van der Waals surface area contributed by atoms with Crippen molar-refractivity contribution >= 4 is 18.0 Å². The van der Waals surface area contributed by atoms with E-state index in [1.165, 1.54) is 0 Å². The predicted molar refractivity (Wildman–Crippen MR) is 159 cm³/mol. The lowest BCUT2D eigenvalue weighted by molar-refractivity contribution is -0.149. The summed E-state index contributed by atoms with van der Waals surface area (Å²) in [6.07, 6.45) is 4.59. The molecule has 0 aromatic heterocycles. The summed E-state index contributed by atoms with van der Waals surface area (Å²) in [5.74, 6) is 0.595. The molecule has 9 nitrogen and oxygen atoms in total. The van der Waals surface area contributed by atoms with Gasteiger partial charge < -0.3 is 28.6 Å². The number of esters is 2. The van der Waals surface area contributed by atoms with Crippen LogP contribution in [0, 0.1) is 6.92 Å². The van der Waals surface area contributed by atoms with E-state index in [0.29, 0.717) is 43.9 Å². The molecule has 0 bridgehead atoms. The number of hydrogen-bond donors (Lipinski definition) is 0. The Morgan fingerprint density at radius 1 is 1.05 bits per heavy atom. The third-order valence-electron chi connectivity index (χ3n) is 8.16. The van der Waals surface area contributed by atoms with Crippen molar-refractivity contribution < 1.29 is 38.1 Å². The fourth-order valence-corrected chi connectivity index (χ4v) is 6.02. The van der Waals surface area contributed by atoms with Crippen molar-refractivity contribution in [3.63, 3.8) is 0 Å². The molecule has 1 aliphatic carbocycles. The highest BCUT2D eigenvalue weighted by Crippen LogP contribution is 2.56. The molecule has 0 unspecified atom stereocenters. The monoisotopic (exact) mass is 591 g/mol. The Bertz CT molecular complexity index is 1390. The first kappa shape index (κ1) is 30.4. The number of carbonyl (C=O) groups is 3. The first-order valence-electron chi connectivity index (χ1n) is 14.9. The Hall–Kier alpha value is -4.01. The molecule has 2 heterocycles. The van der Waals surface area contributed by atoms with Crippen LogP contribution >= 0.6 is 0 Å². The maximum Gasteiger partial charge on any atom is 0.410 e. The van der Waals surface area contributed by atoms with Crippen molar-refractivity contribution in [1.29, 1.82) is 0 Å². The Kier molecular flexibility index (Phi) is 8.71. The molecular weight excluding hydrogens is 550 g/mol. The van der Waals surface area contributed by atoms with E-state index in [9.17, 15) is 14.4 Å². The fraction of sp³-hybridized carbons (Fsp3) is 0.500. The van der Waals surface area contributed by atoms with Crippen molar-refractivity contribution in [2.24, 2.45) is 0 Å². The topological polar surface area (TPSA) is 101 Å². The molecular formula is C34H41NO8. The van der Waals surface area contributed by atoms with Gasteiger partial charge in [-0.1, -0.05) is 42.0 Å². The third kappa shape index (κ3) is 6.81. The molecule has 1 amide bonds. The molecule has 0 fully saturated rings. The summed E-state index contributed by atoms with van der Waals surface area (Å²) >= 11 is 0. The minimum absolute atomic E-state index is 0.115. The molecule has 2 aromatic rings. The van der Waals surface area contributed by atoms with E-state index < -0.39 is 17.1 Å². The summed E-state index contributed by atoms with van der Waals surface area (Å²) in [7, 11) is 1.61. The van der Waals surface area contributed by atoms with Gasteiger partial charge in [-0.3, -0.25) is 9.59 Å². The van der Waals surface area contributed by atoms with Gasteiger partial charge in [0.05, 0.1) is 12.5 Å². The van der Waals surface area contributed by atoms with Crippen LogP contribution in [0.4, 0.5) is 4.79 Å². The maximum absolute atomic E-state index is 13.0. The van der Waals surface area contributed by atoms with Gasteiger partial charge in [-0.2, -0.15) is 0 Å². The average Bonchev–Trinajstić information content (AvgIpc) is 3.18. The van der Waals surface area contributed by atoms with Gasteiger partial charge >= 0.3 is 18.0 Å². The second-order valence-electron chi connectivity index (χ2n) is 12.6. The lowest BCUT2D eigenvalue weighted by atomic mass is 9.69. The Morgan fingerprint density at radius 2 is 1.79 bits per heavy atom. The summed E-state index contributed by atoms with van der Waals surface area (Å²) in [5.41, 5.74) is 2.99. The van der Waals surface area contributed by atoms with Crippen LogP contribution in [0.25, 0.3) is 0 Å². The van der Waals surface area contributed by atoms with Gasteiger partial charge in [-0.05, 0) is 63.8 Å². The number of nitrogens with zero attached hydrogens (tertiary/aromatic N) is 1. The van der Waals surface area contributed by atoms with Crippen molar-refractivity contribution in [1.82, 2.24) is 4.90 Å². The van der Waals surface area contributed by atoms with Crippen LogP contribution in [-0.4, -0.2) is 54.4 Å². The third-order valence-corrected chi connectivity index (χ3v) is 8.16. The minimum Gasteiger partial charge on any atom is -0.493 e. The van der Waals surface area contributed by atoms with Crippen LogP contribution in [0.3, 0.4) is 0 Å². The fourth-order valence-electron chi connectivity index (χ4n) is 6.02.